The minimum Gasteiger partial charge on any atom is -0.780 e. The summed E-state index contributed by atoms with van der Waals surface area (Å²) in [6.07, 6.45) is -0.0610. The predicted molar refractivity (Wildman–Crippen MR) is 33.2 cm³/mol. The molecule has 0 atom stereocenters. The van der Waals surface area contributed by atoms with Crippen LogP contribution in [-0.4, -0.2) is 5.97 Å². The molecule has 6 heteroatoms. The van der Waals surface area contributed by atoms with Gasteiger partial charge in [-0.15, -0.1) is 0 Å². The molecule has 0 unspecified atom stereocenters. The van der Waals surface area contributed by atoms with Crippen molar-refractivity contribution in [2.75, 3.05) is 0 Å². The number of phosphoric acid groups is 1. The van der Waals surface area contributed by atoms with Gasteiger partial charge in [-0.05, 0) is 5.92 Å². The Labute approximate surface area is 64.6 Å². The molecular formula is C5H9O5P-2. The van der Waals surface area contributed by atoms with Crippen molar-refractivity contribution >= 4 is 13.8 Å². The van der Waals surface area contributed by atoms with E-state index in [-0.39, 0.29) is 12.3 Å². The van der Waals surface area contributed by atoms with Crippen molar-refractivity contribution in [1.29, 1.82) is 0 Å². The topological polar surface area (TPSA) is 89.5 Å². The molecule has 0 amide bonds. The predicted octanol–water partition coefficient (Wildman–Crippen LogP) is -0.596. The van der Waals surface area contributed by atoms with Gasteiger partial charge in [0, 0.05) is 6.42 Å². The normalized spacial score (nSPS) is 11.7. The maximum atomic E-state index is 10.5. The number of phosphoric ester groups is 1. The molecule has 0 radical (unpaired) electrons. The molecule has 11 heavy (non-hydrogen) atoms. The average Bonchev–Trinajstić information content (AvgIpc) is 1.53. The van der Waals surface area contributed by atoms with Crippen LogP contribution in [-0.2, 0) is 13.9 Å². The summed E-state index contributed by atoms with van der Waals surface area (Å²) in [7, 11) is -5.13. The number of hydrogen-bond donors (Lipinski definition) is 0. The van der Waals surface area contributed by atoms with Gasteiger partial charge < -0.3 is 18.9 Å². The fourth-order valence-corrected chi connectivity index (χ4v) is 0.819. The fourth-order valence-electron chi connectivity index (χ4n) is 0.495. The lowest BCUT2D eigenvalue weighted by atomic mass is 10.1. The SMILES string of the molecule is CC(C)CC(=O)OP(=O)([O-])[O-]. The van der Waals surface area contributed by atoms with E-state index in [4.69, 9.17) is 0 Å². The first-order chi connectivity index (χ1) is 4.81. The molecule has 0 aromatic rings. The molecule has 5 nitrogen and oxygen atoms in total. The third kappa shape index (κ3) is 7.52. The Morgan fingerprint density at radius 3 is 2.27 bits per heavy atom. The second-order valence-corrected chi connectivity index (χ2v) is 3.59. The molecule has 0 heterocycles. The van der Waals surface area contributed by atoms with Crippen molar-refractivity contribution in [3.05, 3.63) is 0 Å². The van der Waals surface area contributed by atoms with Gasteiger partial charge in [0.15, 0.2) is 0 Å². The molecule has 0 spiro atoms. The van der Waals surface area contributed by atoms with Crippen LogP contribution < -0.4 is 9.79 Å². The lowest BCUT2D eigenvalue weighted by Gasteiger charge is -2.27. The van der Waals surface area contributed by atoms with E-state index in [1.165, 1.54) is 0 Å². The van der Waals surface area contributed by atoms with E-state index in [1.807, 2.05) is 0 Å². The summed E-state index contributed by atoms with van der Waals surface area (Å²) in [6.45, 7) is 3.42. The van der Waals surface area contributed by atoms with Crippen LogP contribution >= 0.6 is 7.82 Å². The molecule has 0 aliphatic rings. The van der Waals surface area contributed by atoms with Crippen molar-refractivity contribution in [2.24, 2.45) is 5.92 Å². The standard InChI is InChI=1S/C5H11O5P/c1-4(2)3-5(6)10-11(7,8)9/h4H,3H2,1-2H3,(H2,7,8,9)/p-2. The third-order valence-electron chi connectivity index (χ3n) is 0.789. The summed E-state index contributed by atoms with van der Waals surface area (Å²) >= 11 is 0. The van der Waals surface area contributed by atoms with Gasteiger partial charge in [-0.25, -0.2) is 0 Å². The Morgan fingerprint density at radius 1 is 1.55 bits per heavy atom. The van der Waals surface area contributed by atoms with Gasteiger partial charge >= 0.3 is 5.97 Å². The first-order valence-corrected chi connectivity index (χ1v) is 4.52. The van der Waals surface area contributed by atoms with Crippen molar-refractivity contribution in [3.8, 4) is 0 Å². The van der Waals surface area contributed by atoms with E-state index in [0.717, 1.165) is 0 Å². The first-order valence-electron chi connectivity index (χ1n) is 3.06. The van der Waals surface area contributed by atoms with Crippen LogP contribution in [0, 0.1) is 5.92 Å². The largest absolute Gasteiger partial charge is 0.780 e. The van der Waals surface area contributed by atoms with Crippen LogP contribution in [0.25, 0.3) is 0 Å². The summed E-state index contributed by atoms with van der Waals surface area (Å²) in [6, 6.07) is 0. The maximum Gasteiger partial charge on any atom is 0.309 e. The fraction of sp³-hybridized carbons (Fsp3) is 0.800. The smallest absolute Gasteiger partial charge is 0.309 e. The molecule has 0 aliphatic carbocycles. The van der Waals surface area contributed by atoms with Crippen LogP contribution in [0.2, 0.25) is 0 Å². The van der Waals surface area contributed by atoms with Crippen LogP contribution in [0.15, 0.2) is 0 Å². The number of hydrogen-bond acceptors (Lipinski definition) is 5. The maximum absolute atomic E-state index is 10.5. The molecule has 0 aliphatic heterocycles. The highest BCUT2D eigenvalue weighted by molar-refractivity contribution is 7.43. The van der Waals surface area contributed by atoms with E-state index in [0.29, 0.717) is 0 Å². The highest BCUT2D eigenvalue weighted by Gasteiger charge is 2.06. The van der Waals surface area contributed by atoms with E-state index >= 15 is 0 Å². The zero-order valence-corrected chi connectivity index (χ0v) is 7.17. The Balaban J connectivity index is 3.80. The average molecular weight is 180 g/mol. The molecule has 0 N–H and O–H groups in total. The minimum atomic E-state index is -5.13. The second kappa shape index (κ2) is 3.85. The van der Waals surface area contributed by atoms with Gasteiger partial charge in [-0.2, -0.15) is 0 Å². The van der Waals surface area contributed by atoms with Crippen molar-refractivity contribution in [3.63, 3.8) is 0 Å². The summed E-state index contributed by atoms with van der Waals surface area (Å²) in [4.78, 5) is 30.2. The lowest BCUT2D eigenvalue weighted by molar-refractivity contribution is -0.337. The summed E-state index contributed by atoms with van der Waals surface area (Å²) in [5.41, 5.74) is 0. The molecule has 0 bridgehead atoms. The van der Waals surface area contributed by atoms with E-state index in [9.17, 15) is 19.1 Å². The number of carbonyl (C=O) groups excluding carboxylic acids is 1. The van der Waals surface area contributed by atoms with Crippen LogP contribution in [0.1, 0.15) is 20.3 Å². The van der Waals surface area contributed by atoms with Crippen LogP contribution in [0.4, 0.5) is 0 Å². The molecule has 66 valence electrons. The van der Waals surface area contributed by atoms with Crippen LogP contribution in [0.3, 0.4) is 0 Å². The summed E-state index contributed by atoms with van der Waals surface area (Å²) < 4.78 is 13.4. The Kier molecular flexibility index (Phi) is 3.72. The lowest BCUT2D eigenvalue weighted by Crippen LogP contribution is -2.20. The molecule has 0 rings (SSSR count). The van der Waals surface area contributed by atoms with Crippen LogP contribution in [0.5, 0.6) is 0 Å². The van der Waals surface area contributed by atoms with Gasteiger partial charge in [-0.1, -0.05) is 13.8 Å². The van der Waals surface area contributed by atoms with Gasteiger partial charge in [0.2, 0.25) is 0 Å². The molecule has 0 saturated heterocycles. The highest BCUT2D eigenvalue weighted by Crippen LogP contribution is 2.25. The summed E-state index contributed by atoms with van der Waals surface area (Å²) in [5, 5.41) is 0. The summed E-state index contributed by atoms with van der Waals surface area (Å²) in [5.74, 6) is -1.01. The quantitative estimate of drug-likeness (QED) is 0.541. The Morgan fingerprint density at radius 2 is 2.00 bits per heavy atom. The van der Waals surface area contributed by atoms with Gasteiger partial charge in [0.05, 0.1) is 0 Å². The van der Waals surface area contributed by atoms with Gasteiger partial charge in [-0.3, -0.25) is 4.79 Å². The van der Waals surface area contributed by atoms with Crippen molar-refractivity contribution < 1.29 is 23.7 Å². The van der Waals surface area contributed by atoms with E-state index in [1.54, 1.807) is 13.8 Å². The first kappa shape index (κ1) is 10.6. The highest BCUT2D eigenvalue weighted by atomic mass is 31.2. The second-order valence-electron chi connectivity index (χ2n) is 2.51. The minimum absolute atomic E-state index is 0.0194. The molecule has 0 aromatic carbocycles. The third-order valence-corrected chi connectivity index (χ3v) is 1.22. The Bertz CT molecular complexity index is 181. The van der Waals surface area contributed by atoms with Crippen molar-refractivity contribution in [1.82, 2.24) is 0 Å². The van der Waals surface area contributed by atoms with Gasteiger partial charge in [0.25, 0.3) is 0 Å². The molecular weight excluding hydrogens is 171 g/mol. The molecule has 0 aromatic heterocycles. The van der Waals surface area contributed by atoms with Crippen molar-refractivity contribution in [2.45, 2.75) is 20.3 Å². The molecule has 0 saturated carbocycles. The number of rotatable bonds is 3. The molecule has 0 fully saturated rings. The van der Waals surface area contributed by atoms with E-state index in [2.05, 4.69) is 4.52 Å². The Hall–Kier alpha value is -0.380. The monoisotopic (exact) mass is 180 g/mol. The zero-order chi connectivity index (χ0) is 9.07. The van der Waals surface area contributed by atoms with Gasteiger partial charge in [0.1, 0.15) is 7.82 Å². The van der Waals surface area contributed by atoms with E-state index < -0.39 is 13.8 Å². The number of carbonyl (C=O) groups is 1. The zero-order valence-electron chi connectivity index (χ0n) is 6.27.